The molecule has 8 bridgehead atoms. The maximum atomic E-state index is 12.0. The number of carboxylic acid groups (broad SMARTS) is 1. The number of hydrogen-bond acceptors (Lipinski definition) is 7. The first kappa shape index (κ1) is 34.1. The second kappa shape index (κ2) is 14.2. The molecule has 3 N–H and O–H groups in total. The Balaban J connectivity index is 1.75. The van der Waals surface area contributed by atoms with Crippen LogP contribution >= 0.6 is 0 Å². The van der Waals surface area contributed by atoms with Crippen molar-refractivity contribution in [3.05, 3.63) is 67.7 Å². The van der Waals surface area contributed by atoms with E-state index in [2.05, 4.69) is 76.1 Å². The fourth-order valence-corrected chi connectivity index (χ4v) is 7.34. The Kier molecular flexibility index (Phi) is 10.3. The SMILES string of the molecule is CCC1=C(CC)/C2=N/C3NC(=C(CC)C3(C)CC)/C=C3N=C(/C=c4\[nH]/c(cc4CCCC(=O)O)=C\C1=N2)C(CCCC(=O)OC)=C\3C. The van der Waals surface area contributed by atoms with Crippen molar-refractivity contribution in [2.75, 3.05) is 7.11 Å². The molecule has 4 aliphatic rings. The number of carboxylic acids is 1. The number of methoxy groups -OCH3 is 1. The lowest BCUT2D eigenvalue weighted by Gasteiger charge is -2.30. The number of fused-ring (bicyclic) bond motifs is 6. The van der Waals surface area contributed by atoms with Gasteiger partial charge in [-0.2, -0.15) is 0 Å². The van der Waals surface area contributed by atoms with Gasteiger partial charge in [0.1, 0.15) is 6.17 Å². The Hall–Kier alpha value is -4.27. The summed E-state index contributed by atoms with van der Waals surface area (Å²) in [6.45, 7) is 13.2. The summed E-state index contributed by atoms with van der Waals surface area (Å²) >= 11 is 0. The molecule has 0 aliphatic carbocycles. The smallest absolute Gasteiger partial charge is 0.305 e. The summed E-state index contributed by atoms with van der Waals surface area (Å²) in [6, 6.07) is 2.11. The number of allylic oxidation sites excluding steroid dienone is 4. The van der Waals surface area contributed by atoms with E-state index >= 15 is 0 Å². The highest BCUT2D eigenvalue weighted by Gasteiger charge is 2.43. The molecule has 0 spiro atoms. The highest BCUT2D eigenvalue weighted by Crippen LogP contribution is 2.45. The van der Waals surface area contributed by atoms with Crippen LogP contribution in [0.4, 0.5) is 0 Å². The van der Waals surface area contributed by atoms with Gasteiger partial charge in [0.25, 0.3) is 0 Å². The van der Waals surface area contributed by atoms with E-state index in [1.807, 2.05) is 0 Å². The first-order chi connectivity index (χ1) is 22.6. The summed E-state index contributed by atoms with van der Waals surface area (Å²) < 4.78 is 4.91. The maximum absolute atomic E-state index is 12.0. The van der Waals surface area contributed by atoms with Crippen LogP contribution in [0.15, 0.2) is 66.4 Å². The summed E-state index contributed by atoms with van der Waals surface area (Å²) in [4.78, 5) is 42.6. The number of carbonyl (C=O) groups is 2. The molecule has 0 aromatic carbocycles. The number of hydrogen-bond donors (Lipinski definition) is 3. The van der Waals surface area contributed by atoms with E-state index in [1.54, 1.807) is 0 Å². The number of esters is 1. The van der Waals surface area contributed by atoms with Crippen molar-refractivity contribution in [3.63, 3.8) is 0 Å². The predicted octanol–water partition coefficient (Wildman–Crippen LogP) is 5.97. The van der Waals surface area contributed by atoms with Gasteiger partial charge >= 0.3 is 11.9 Å². The summed E-state index contributed by atoms with van der Waals surface area (Å²) in [6.07, 6.45) is 12.6. The van der Waals surface area contributed by atoms with Crippen LogP contribution in [0.3, 0.4) is 0 Å². The van der Waals surface area contributed by atoms with Crippen LogP contribution in [0.25, 0.3) is 12.2 Å². The van der Waals surface area contributed by atoms with Crippen molar-refractivity contribution in [2.24, 2.45) is 20.4 Å². The van der Waals surface area contributed by atoms with Gasteiger partial charge in [-0.3, -0.25) is 9.59 Å². The highest BCUT2D eigenvalue weighted by molar-refractivity contribution is 6.32. The summed E-state index contributed by atoms with van der Waals surface area (Å²) in [5.41, 5.74) is 10.5. The number of nitrogens with one attached hydrogen (secondary N) is 2. The van der Waals surface area contributed by atoms with Gasteiger partial charge in [0.15, 0.2) is 5.84 Å². The van der Waals surface area contributed by atoms with E-state index in [9.17, 15) is 14.7 Å². The molecule has 2 unspecified atom stereocenters. The molecule has 5 heterocycles. The molecule has 0 fully saturated rings. The Labute approximate surface area is 277 Å². The number of H-pyrrole nitrogens is 1. The van der Waals surface area contributed by atoms with E-state index in [1.165, 1.54) is 23.8 Å². The molecular formula is C38H49N5O4. The molecule has 2 atom stereocenters. The molecule has 250 valence electrons. The third kappa shape index (κ3) is 6.76. The number of ether oxygens (including phenoxy) is 1. The number of aryl methyl sites for hydroxylation is 1. The Bertz CT molecular complexity index is 1810. The van der Waals surface area contributed by atoms with Gasteiger partial charge in [0.05, 0.1) is 24.2 Å². The molecule has 4 aliphatic heterocycles. The lowest BCUT2D eigenvalue weighted by atomic mass is 9.77. The Morgan fingerprint density at radius 1 is 0.936 bits per heavy atom. The molecule has 9 heteroatoms. The minimum atomic E-state index is -0.801. The molecule has 47 heavy (non-hydrogen) atoms. The van der Waals surface area contributed by atoms with E-state index < -0.39 is 5.97 Å². The molecule has 0 amide bonds. The van der Waals surface area contributed by atoms with Crippen LogP contribution in [-0.4, -0.2) is 52.6 Å². The Morgan fingerprint density at radius 2 is 1.66 bits per heavy atom. The first-order valence-electron chi connectivity index (χ1n) is 17.2. The third-order valence-corrected chi connectivity index (χ3v) is 10.2. The van der Waals surface area contributed by atoms with Crippen molar-refractivity contribution >= 4 is 41.3 Å². The average Bonchev–Trinajstić information content (AvgIpc) is 3.74. The largest absolute Gasteiger partial charge is 0.481 e. The predicted molar refractivity (Wildman–Crippen MR) is 189 cm³/mol. The fourth-order valence-electron chi connectivity index (χ4n) is 7.34. The third-order valence-electron chi connectivity index (χ3n) is 10.2. The number of carbonyl (C=O) groups excluding carboxylic acids is 1. The molecule has 0 saturated carbocycles. The lowest BCUT2D eigenvalue weighted by molar-refractivity contribution is -0.140. The summed E-state index contributed by atoms with van der Waals surface area (Å²) in [5.74, 6) is -0.224. The van der Waals surface area contributed by atoms with E-state index in [-0.39, 0.29) is 24.0 Å². The van der Waals surface area contributed by atoms with Crippen molar-refractivity contribution in [1.29, 1.82) is 0 Å². The number of amidine groups is 1. The fraction of sp³-hybridized carbons (Fsp3) is 0.500. The maximum Gasteiger partial charge on any atom is 0.305 e. The molecular weight excluding hydrogens is 590 g/mol. The monoisotopic (exact) mass is 639 g/mol. The number of aromatic amines is 1. The van der Waals surface area contributed by atoms with Gasteiger partial charge in [-0.1, -0.05) is 34.6 Å². The van der Waals surface area contributed by atoms with Crippen LogP contribution in [0.1, 0.15) is 105 Å². The van der Waals surface area contributed by atoms with Gasteiger partial charge < -0.3 is 20.1 Å². The number of nitrogens with zero attached hydrogens (tertiary/aromatic N) is 3. The zero-order valence-electron chi connectivity index (χ0n) is 29.0. The van der Waals surface area contributed by atoms with Gasteiger partial charge in [0.2, 0.25) is 0 Å². The number of aromatic nitrogens is 1. The zero-order valence-corrected chi connectivity index (χ0v) is 29.0. The van der Waals surface area contributed by atoms with Crippen LogP contribution < -0.4 is 16.0 Å². The van der Waals surface area contributed by atoms with Crippen LogP contribution in [0.5, 0.6) is 0 Å². The minimum absolute atomic E-state index is 0.101. The van der Waals surface area contributed by atoms with Crippen molar-refractivity contribution in [2.45, 2.75) is 112 Å². The molecule has 5 rings (SSSR count). The summed E-state index contributed by atoms with van der Waals surface area (Å²) in [7, 11) is 1.42. The zero-order chi connectivity index (χ0) is 33.9. The van der Waals surface area contributed by atoms with E-state index in [0.29, 0.717) is 32.1 Å². The summed E-state index contributed by atoms with van der Waals surface area (Å²) in [5, 5.41) is 14.9. The van der Waals surface area contributed by atoms with Gasteiger partial charge in [-0.25, -0.2) is 15.0 Å². The Morgan fingerprint density at radius 3 is 2.32 bits per heavy atom. The normalized spacial score (nSPS) is 25.6. The quantitative estimate of drug-likeness (QED) is 0.243. The second-order valence-corrected chi connectivity index (χ2v) is 12.9. The number of aliphatic carboxylic acids is 1. The minimum Gasteiger partial charge on any atom is -0.481 e. The van der Waals surface area contributed by atoms with Crippen molar-refractivity contribution < 1.29 is 19.4 Å². The first-order valence-corrected chi connectivity index (χ1v) is 17.2. The topological polar surface area (TPSA) is 128 Å². The van der Waals surface area contributed by atoms with Crippen LogP contribution in [0.2, 0.25) is 0 Å². The molecule has 0 saturated heterocycles. The lowest BCUT2D eigenvalue weighted by Crippen LogP contribution is -2.36. The van der Waals surface area contributed by atoms with Crippen molar-refractivity contribution in [1.82, 2.24) is 10.3 Å². The van der Waals surface area contributed by atoms with E-state index in [4.69, 9.17) is 19.7 Å². The second-order valence-electron chi connectivity index (χ2n) is 12.9. The van der Waals surface area contributed by atoms with Gasteiger partial charge in [-0.15, -0.1) is 0 Å². The van der Waals surface area contributed by atoms with Gasteiger partial charge in [-0.05, 0) is 110 Å². The molecule has 0 radical (unpaired) electrons. The molecule has 9 nitrogen and oxygen atoms in total. The number of aliphatic imine (C=N–C) groups is 3. The van der Waals surface area contributed by atoms with Crippen molar-refractivity contribution in [3.8, 4) is 0 Å². The van der Waals surface area contributed by atoms with Gasteiger partial charge in [0, 0.05) is 40.2 Å². The average molecular weight is 640 g/mol. The highest BCUT2D eigenvalue weighted by atomic mass is 16.5. The molecule has 1 aromatic rings. The van der Waals surface area contributed by atoms with E-state index in [0.717, 1.165) is 81.7 Å². The van der Waals surface area contributed by atoms with Crippen LogP contribution in [0, 0.1) is 5.41 Å². The molecule has 1 aromatic heterocycles. The standard InChI is InChI=1S/C38H49N5O4/c1-8-25-26(9-2)36-41-31(25)19-24-18-23(14-12-16-34(44)45)30(39-24)21-32-27(15-13-17-35(46)47-7)22(5)29(40-32)20-33-28(10-3)38(6,11-4)37(42-33)43-36/h18-21,37,39,42H,8-17H2,1-7H3,(H,44,45)/b24-19-,29-20-,30-21-,43-36-. The van der Waals surface area contributed by atoms with Crippen LogP contribution in [-0.2, 0) is 20.7 Å². The number of rotatable bonds is 12.